The molecule has 1 heterocycles. The number of likely N-dealkylation sites (tertiary alicyclic amines) is 1. The Balaban J connectivity index is 2.39. The second-order valence-electron chi connectivity index (χ2n) is 4.73. The lowest BCUT2D eigenvalue weighted by Crippen LogP contribution is -2.48. The van der Waals surface area contributed by atoms with Gasteiger partial charge in [0, 0.05) is 19.1 Å². The Labute approximate surface area is 109 Å². The molecule has 1 aliphatic heterocycles. The number of urea groups is 1. The van der Waals surface area contributed by atoms with Crippen molar-refractivity contribution in [1.82, 2.24) is 10.2 Å². The lowest BCUT2D eigenvalue weighted by molar-refractivity contribution is 0.115. The zero-order valence-electron chi connectivity index (χ0n) is 11.2. The normalized spacial score (nSPS) is 18.1. The molecule has 0 aliphatic carbocycles. The molecule has 1 N–H and O–H groups in total. The van der Waals surface area contributed by atoms with Gasteiger partial charge in [0.05, 0.1) is 11.9 Å². The first-order valence-corrected chi connectivity index (χ1v) is 7.88. The summed E-state index contributed by atoms with van der Waals surface area (Å²) in [7, 11) is -3.39. The maximum absolute atomic E-state index is 11.7. The summed E-state index contributed by atoms with van der Waals surface area (Å²) in [6.45, 7) is 6.43. The van der Waals surface area contributed by atoms with Crippen LogP contribution in [-0.4, -0.2) is 50.3 Å². The smallest absolute Gasteiger partial charge is 0.317 e. The molecule has 0 radical (unpaired) electrons. The van der Waals surface area contributed by atoms with Gasteiger partial charge in [0.25, 0.3) is 10.1 Å². The second-order valence-corrected chi connectivity index (χ2v) is 6.62. The Morgan fingerprint density at radius 3 is 2.39 bits per heavy atom. The third kappa shape index (κ3) is 4.81. The molecule has 0 aromatic rings. The number of amides is 2. The van der Waals surface area contributed by atoms with Crippen LogP contribution in [0.4, 0.5) is 4.79 Å². The molecule has 6 nitrogen and oxygen atoms in total. The topological polar surface area (TPSA) is 75.7 Å². The molecule has 1 aliphatic rings. The summed E-state index contributed by atoms with van der Waals surface area (Å²) in [6, 6.07) is 0.00809. The summed E-state index contributed by atoms with van der Waals surface area (Å²) in [5.41, 5.74) is 0. The monoisotopic (exact) mass is 278 g/mol. The summed E-state index contributed by atoms with van der Waals surface area (Å²) in [5, 5.41) is 2.81. The van der Waals surface area contributed by atoms with E-state index in [2.05, 4.69) is 5.32 Å². The fraction of sp³-hybridized carbons (Fsp3) is 0.909. The molecule has 0 saturated carbocycles. The minimum absolute atomic E-state index is 0.0128. The second kappa shape index (κ2) is 6.38. The summed E-state index contributed by atoms with van der Waals surface area (Å²) < 4.78 is 27.7. The van der Waals surface area contributed by atoms with E-state index in [1.165, 1.54) is 0 Å². The van der Waals surface area contributed by atoms with Gasteiger partial charge in [-0.2, -0.15) is 8.42 Å². The van der Waals surface area contributed by atoms with Crippen LogP contribution in [0.5, 0.6) is 0 Å². The minimum Gasteiger partial charge on any atom is -0.336 e. The number of rotatable bonds is 4. The fourth-order valence-corrected chi connectivity index (χ4v) is 2.51. The maximum atomic E-state index is 11.7. The van der Waals surface area contributed by atoms with Crippen molar-refractivity contribution in [2.75, 3.05) is 18.8 Å². The van der Waals surface area contributed by atoms with E-state index in [-0.39, 0.29) is 23.9 Å². The van der Waals surface area contributed by atoms with Gasteiger partial charge >= 0.3 is 6.03 Å². The largest absolute Gasteiger partial charge is 0.336 e. The molecule has 2 amide bonds. The van der Waals surface area contributed by atoms with Crippen LogP contribution in [-0.2, 0) is 14.3 Å². The van der Waals surface area contributed by atoms with Crippen LogP contribution in [0.2, 0.25) is 0 Å². The standard InChI is InChI=1S/C11H22N2O4S/c1-4-18(15,16)17-10-5-7-13(8-6-10)11(14)12-9(2)3/h9-10H,4-8H2,1-3H3,(H,12,14). The van der Waals surface area contributed by atoms with Gasteiger partial charge in [-0.15, -0.1) is 0 Å². The Morgan fingerprint density at radius 1 is 1.39 bits per heavy atom. The third-order valence-corrected chi connectivity index (χ3v) is 4.05. The first-order chi connectivity index (χ1) is 8.34. The van der Waals surface area contributed by atoms with E-state index in [4.69, 9.17) is 4.18 Å². The van der Waals surface area contributed by atoms with Gasteiger partial charge in [-0.25, -0.2) is 4.79 Å². The highest BCUT2D eigenvalue weighted by Crippen LogP contribution is 2.16. The van der Waals surface area contributed by atoms with Crippen LogP contribution < -0.4 is 5.32 Å². The summed E-state index contributed by atoms with van der Waals surface area (Å²) in [4.78, 5) is 13.4. The summed E-state index contributed by atoms with van der Waals surface area (Å²) >= 11 is 0. The number of nitrogens with one attached hydrogen (secondary N) is 1. The highest BCUT2D eigenvalue weighted by Gasteiger charge is 2.26. The van der Waals surface area contributed by atoms with Crippen LogP contribution in [0.15, 0.2) is 0 Å². The molecule has 1 saturated heterocycles. The van der Waals surface area contributed by atoms with Crippen molar-refractivity contribution >= 4 is 16.1 Å². The highest BCUT2D eigenvalue weighted by molar-refractivity contribution is 7.86. The van der Waals surface area contributed by atoms with E-state index >= 15 is 0 Å². The van der Waals surface area contributed by atoms with Crippen molar-refractivity contribution in [3.8, 4) is 0 Å². The molecular formula is C11H22N2O4S. The average Bonchev–Trinajstić information content (AvgIpc) is 2.28. The predicted molar refractivity (Wildman–Crippen MR) is 68.8 cm³/mol. The number of carbonyl (C=O) groups is 1. The number of hydrogen-bond acceptors (Lipinski definition) is 4. The first-order valence-electron chi connectivity index (χ1n) is 6.30. The van der Waals surface area contributed by atoms with Crippen molar-refractivity contribution in [3.05, 3.63) is 0 Å². The molecule has 0 unspecified atom stereocenters. The van der Waals surface area contributed by atoms with Gasteiger partial charge in [-0.05, 0) is 33.6 Å². The van der Waals surface area contributed by atoms with Gasteiger partial charge < -0.3 is 10.2 Å². The van der Waals surface area contributed by atoms with Crippen LogP contribution in [0.1, 0.15) is 33.6 Å². The van der Waals surface area contributed by atoms with E-state index in [1.54, 1.807) is 11.8 Å². The van der Waals surface area contributed by atoms with E-state index in [0.717, 1.165) is 0 Å². The van der Waals surface area contributed by atoms with Gasteiger partial charge in [-0.3, -0.25) is 4.18 Å². The Hall–Kier alpha value is -0.820. The zero-order chi connectivity index (χ0) is 13.8. The first kappa shape index (κ1) is 15.2. The summed E-state index contributed by atoms with van der Waals surface area (Å²) in [5.74, 6) is -0.0128. The third-order valence-electron chi connectivity index (χ3n) is 2.78. The Morgan fingerprint density at radius 2 is 1.94 bits per heavy atom. The molecular weight excluding hydrogens is 256 g/mol. The lowest BCUT2D eigenvalue weighted by Gasteiger charge is -2.31. The molecule has 0 spiro atoms. The minimum atomic E-state index is -3.39. The van der Waals surface area contributed by atoms with E-state index in [9.17, 15) is 13.2 Å². The number of piperidine rings is 1. The van der Waals surface area contributed by atoms with Gasteiger partial charge in [0.2, 0.25) is 0 Å². The van der Waals surface area contributed by atoms with E-state index < -0.39 is 10.1 Å². The van der Waals surface area contributed by atoms with Gasteiger partial charge in [-0.1, -0.05) is 0 Å². The Kier molecular flexibility index (Phi) is 5.40. The van der Waals surface area contributed by atoms with Crippen molar-refractivity contribution in [3.63, 3.8) is 0 Å². The molecule has 0 aromatic carbocycles. The molecule has 0 atom stereocenters. The maximum Gasteiger partial charge on any atom is 0.317 e. The van der Waals surface area contributed by atoms with Crippen molar-refractivity contribution < 1.29 is 17.4 Å². The molecule has 106 valence electrons. The zero-order valence-corrected chi connectivity index (χ0v) is 12.0. The number of carbonyl (C=O) groups excluding carboxylic acids is 1. The lowest BCUT2D eigenvalue weighted by atomic mass is 10.1. The van der Waals surface area contributed by atoms with Crippen LogP contribution in [0.25, 0.3) is 0 Å². The van der Waals surface area contributed by atoms with E-state index in [1.807, 2.05) is 13.8 Å². The van der Waals surface area contributed by atoms with Crippen molar-refractivity contribution in [1.29, 1.82) is 0 Å². The SMILES string of the molecule is CCS(=O)(=O)OC1CCN(C(=O)NC(C)C)CC1. The molecule has 0 bridgehead atoms. The van der Waals surface area contributed by atoms with E-state index in [0.29, 0.717) is 25.9 Å². The average molecular weight is 278 g/mol. The predicted octanol–water partition coefficient (Wildman–Crippen LogP) is 0.935. The molecule has 0 aromatic heterocycles. The highest BCUT2D eigenvalue weighted by atomic mass is 32.2. The van der Waals surface area contributed by atoms with Crippen molar-refractivity contribution in [2.45, 2.75) is 45.8 Å². The van der Waals surface area contributed by atoms with Crippen LogP contribution >= 0.6 is 0 Å². The van der Waals surface area contributed by atoms with Gasteiger partial charge in [0.15, 0.2) is 0 Å². The van der Waals surface area contributed by atoms with Gasteiger partial charge in [0.1, 0.15) is 0 Å². The molecule has 1 rings (SSSR count). The summed E-state index contributed by atoms with van der Waals surface area (Å²) in [6.07, 6.45) is 0.827. The number of hydrogen-bond donors (Lipinski definition) is 1. The van der Waals surface area contributed by atoms with Crippen LogP contribution in [0, 0.1) is 0 Å². The Bertz CT molecular complexity index is 373. The fourth-order valence-electron chi connectivity index (χ4n) is 1.77. The van der Waals surface area contributed by atoms with Crippen molar-refractivity contribution in [2.24, 2.45) is 0 Å². The molecule has 18 heavy (non-hydrogen) atoms. The number of nitrogens with zero attached hydrogens (tertiary/aromatic N) is 1. The molecule has 1 fully saturated rings. The van der Waals surface area contributed by atoms with Crippen LogP contribution in [0.3, 0.4) is 0 Å². The molecule has 7 heteroatoms. The quantitative estimate of drug-likeness (QED) is 0.776.